The van der Waals surface area contributed by atoms with Crippen molar-refractivity contribution in [1.29, 1.82) is 0 Å². The van der Waals surface area contributed by atoms with Gasteiger partial charge in [-0.15, -0.1) is 24.5 Å². The Labute approximate surface area is 199 Å². The van der Waals surface area contributed by atoms with Crippen molar-refractivity contribution in [2.45, 2.75) is 38.6 Å². The Morgan fingerprint density at radius 1 is 1.15 bits per heavy atom. The first-order chi connectivity index (χ1) is 16.3. The first-order valence-electron chi connectivity index (χ1n) is 10.8. The van der Waals surface area contributed by atoms with Crippen LogP contribution in [-0.2, 0) is 4.74 Å². The second kappa shape index (κ2) is 11.7. The minimum absolute atomic E-state index is 0.0884. The van der Waals surface area contributed by atoms with E-state index in [9.17, 15) is 18.3 Å². The van der Waals surface area contributed by atoms with Crippen molar-refractivity contribution in [2.75, 3.05) is 37.5 Å². The van der Waals surface area contributed by atoms with Gasteiger partial charge >= 0.3 is 6.36 Å². The molecule has 34 heavy (non-hydrogen) atoms. The molecule has 12 heteroatoms. The van der Waals surface area contributed by atoms with Crippen LogP contribution >= 0.6 is 11.3 Å². The van der Waals surface area contributed by atoms with Crippen LogP contribution in [0.4, 0.5) is 24.9 Å². The van der Waals surface area contributed by atoms with Gasteiger partial charge in [-0.05, 0) is 44.2 Å². The number of anilines is 2. The van der Waals surface area contributed by atoms with Crippen LogP contribution < -0.4 is 10.6 Å². The highest BCUT2D eigenvalue weighted by Gasteiger charge is 2.29. The maximum atomic E-state index is 12.2. The first-order valence-corrected chi connectivity index (χ1v) is 11.7. The number of aliphatic hydroxyl groups is 2. The van der Waals surface area contributed by atoms with Gasteiger partial charge in [0.1, 0.15) is 10.8 Å². The van der Waals surface area contributed by atoms with Gasteiger partial charge in [-0.25, -0.2) is 9.97 Å². The number of rotatable bonds is 8. The molecule has 3 aromatic rings. The van der Waals surface area contributed by atoms with Gasteiger partial charge in [0.25, 0.3) is 0 Å². The quantitative estimate of drug-likeness (QED) is 0.342. The molecule has 1 aromatic carbocycles. The molecule has 1 fully saturated rings. The molecule has 186 valence electrons. The van der Waals surface area contributed by atoms with E-state index >= 15 is 0 Å². The lowest BCUT2D eigenvalue weighted by Crippen LogP contribution is -2.21. The van der Waals surface area contributed by atoms with E-state index in [0.29, 0.717) is 11.5 Å². The SMILES string of the molecule is CO.Cc1nc(NCCOC(F)(F)F)nc(NC2CCC(CO)C2)c1-c1nc2ccccc2s1. The van der Waals surface area contributed by atoms with E-state index in [0.717, 1.165) is 47.2 Å². The van der Waals surface area contributed by atoms with Crippen LogP contribution in [0.15, 0.2) is 24.3 Å². The molecule has 4 rings (SSSR count). The van der Waals surface area contributed by atoms with Gasteiger partial charge < -0.3 is 20.8 Å². The molecular weight excluding hydrogens is 471 g/mol. The summed E-state index contributed by atoms with van der Waals surface area (Å²) in [5.74, 6) is 1.05. The summed E-state index contributed by atoms with van der Waals surface area (Å²) in [6, 6.07) is 7.96. The molecule has 1 saturated carbocycles. The summed E-state index contributed by atoms with van der Waals surface area (Å²) in [5, 5.41) is 23.5. The van der Waals surface area contributed by atoms with Crippen LogP contribution in [-0.4, -0.2) is 64.4 Å². The lowest BCUT2D eigenvalue weighted by Gasteiger charge is -2.18. The van der Waals surface area contributed by atoms with Gasteiger partial charge in [-0.3, -0.25) is 4.74 Å². The lowest BCUT2D eigenvalue weighted by molar-refractivity contribution is -0.322. The number of aryl methyl sites for hydroxylation is 1. The lowest BCUT2D eigenvalue weighted by atomic mass is 10.1. The van der Waals surface area contributed by atoms with Crippen molar-refractivity contribution in [1.82, 2.24) is 15.0 Å². The molecular formula is C22H28F3N5O3S. The average molecular weight is 500 g/mol. The second-order valence-corrected chi connectivity index (χ2v) is 8.80. The monoisotopic (exact) mass is 499 g/mol. The Bertz CT molecular complexity index is 1050. The number of halogens is 3. The summed E-state index contributed by atoms with van der Waals surface area (Å²) in [6.45, 7) is 1.35. The molecule has 2 unspecified atom stereocenters. The number of hydrogen-bond acceptors (Lipinski definition) is 9. The molecule has 1 aliphatic rings. The summed E-state index contributed by atoms with van der Waals surface area (Å²) in [4.78, 5) is 13.7. The topological polar surface area (TPSA) is 112 Å². The van der Waals surface area contributed by atoms with Crippen molar-refractivity contribution in [3.63, 3.8) is 0 Å². The van der Waals surface area contributed by atoms with E-state index < -0.39 is 13.0 Å². The highest BCUT2D eigenvalue weighted by molar-refractivity contribution is 7.21. The van der Waals surface area contributed by atoms with Crippen molar-refractivity contribution in [3.05, 3.63) is 30.0 Å². The maximum absolute atomic E-state index is 12.2. The van der Waals surface area contributed by atoms with Crippen LogP contribution in [0.1, 0.15) is 25.0 Å². The van der Waals surface area contributed by atoms with Crippen molar-refractivity contribution < 1.29 is 28.1 Å². The molecule has 0 saturated heterocycles. The van der Waals surface area contributed by atoms with E-state index in [1.807, 2.05) is 31.2 Å². The number of hydrogen-bond donors (Lipinski definition) is 4. The highest BCUT2D eigenvalue weighted by atomic mass is 32.1. The van der Waals surface area contributed by atoms with E-state index in [1.54, 1.807) is 0 Å². The van der Waals surface area contributed by atoms with Gasteiger partial charge in [-0.2, -0.15) is 4.98 Å². The third-order valence-electron chi connectivity index (χ3n) is 5.39. The minimum Gasteiger partial charge on any atom is -0.400 e. The highest BCUT2D eigenvalue weighted by Crippen LogP contribution is 2.37. The van der Waals surface area contributed by atoms with Gasteiger partial charge in [0, 0.05) is 26.3 Å². The van der Waals surface area contributed by atoms with Crippen molar-refractivity contribution in [2.24, 2.45) is 5.92 Å². The van der Waals surface area contributed by atoms with Gasteiger partial charge in [0.2, 0.25) is 5.95 Å². The second-order valence-electron chi connectivity index (χ2n) is 7.77. The number of ether oxygens (including phenoxy) is 1. The Kier molecular flexibility index (Phi) is 9.00. The fourth-order valence-corrected chi connectivity index (χ4v) is 4.95. The molecule has 0 amide bonds. The predicted molar refractivity (Wildman–Crippen MR) is 126 cm³/mol. The molecule has 0 aliphatic heterocycles. The van der Waals surface area contributed by atoms with E-state index in [-0.39, 0.29) is 31.1 Å². The minimum atomic E-state index is -4.67. The van der Waals surface area contributed by atoms with Crippen molar-refractivity contribution >= 4 is 33.3 Å². The van der Waals surface area contributed by atoms with Crippen molar-refractivity contribution in [3.8, 4) is 10.6 Å². The molecule has 0 bridgehead atoms. The van der Waals surface area contributed by atoms with E-state index in [1.165, 1.54) is 11.3 Å². The number of alkyl halides is 3. The Balaban J connectivity index is 0.00000158. The summed E-state index contributed by atoms with van der Waals surface area (Å²) < 4.78 is 41.5. The Hall–Kier alpha value is -2.54. The molecule has 2 aromatic heterocycles. The number of benzene rings is 1. The number of aliphatic hydroxyl groups excluding tert-OH is 2. The molecule has 0 spiro atoms. The number of aromatic nitrogens is 3. The summed E-state index contributed by atoms with van der Waals surface area (Å²) in [7, 11) is 1.00. The molecule has 2 atom stereocenters. The number of thiazole rings is 1. The first kappa shape index (κ1) is 26.1. The van der Waals surface area contributed by atoms with Gasteiger partial charge in [-0.1, -0.05) is 12.1 Å². The third-order valence-corrected chi connectivity index (χ3v) is 6.44. The smallest absolute Gasteiger partial charge is 0.400 e. The largest absolute Gasteiger partial charge is 0.522 e. The molecule has 8 nitrogen and oxygen atoms in total. The van der Waals surface area contributed by atoms with Gasteiger partial charge in [0.15, 0.2) is 0 Å². The molecule has 1 aliphatic carbocycles. The van der Waals surface area contributed by atoms with E-state index in [2.05, 4.69) is 25.3 Å². The summed E-state index contributed by atoms with van der Waals surface area (Å²) >= 11 is 1.54. The Morgan fingerprint density at radius 2 is 1.91 bits per heavy atom. The normalized spacial score (nSPS) is 18.0. The average Bonchev–Trinajstić information content (AvgIpc) is 3.44. The molecule has 0 radical (unpaired) electrons. The standard InChI is InChI=1S/C21H24F3N5O2S.CH4O/c1-12-17(19-28-15-4-2-3-5-16(15)32-19)18(27-14-7-6-13(10-14)11-30)29-20(26-12)25-8-9-31-21(22,23)24;1-2/h2-5,13-14,30H,6-11H2,1H3,(H2,25,26,27,29);2H,1H3. The summed E-state index contributed by atoms with van der Waals surface area (Å²) in [5.41, 5.74) is 2.32. The zero-order valence-electron chi connectivity index (χ0n) is 18.9. The number of para-hydroxylation sites is 1. The number of nitrogens with zero attached hydrogens (tertiary/aromatic N) is 3. The van der Waals surface area contributed by atoms with Crippen LogP contribution in [0.5, 0.6) is 0 Å². The van der Waals surface area contributed by atoms with Gasteiger partial charge in [0.05, 0.1) is 28.1 Å². The molecule has 2 heterocycles. The Morgan fingerprint density at radius 3 is 2.59 bits per heavy atom. The number of nitrogens with one attached hydrogen (secondary N) is 2. The van der Waals surface area contributed by atoms with Crippen LogP contribution in [0.25, 0.3) is 20.8 Å². The zero-order chi connectivity index (χ0) is 24.7. The third kappa shape index (κ3) is 6.75. The summed E-state index contributed by atoms with van der Waals surface area (Å²) in [6.07, 6.45) is -2.03. The van der Waals surface area contributed by atoms with Crippen LogP contribution in [0.2, 0.25) is 0 Å². The van der Waals surface area contributed by atoms with E-state index in [4.69, 9.17) is 10.1 Å². The zero-order valence-corrected chi connectivity index (χ0v) is 19.7. The predicted octanol–water partition coefficient (Wildman–Crippen LogP) is 4.19. The van der Waals surface area contributed by atoms with Crippen LogP contribution in [0.3, 0.4) is 0 Å². The number of fused-ring (bicyclic) bond motifs is 1. The molecule has 4 N–H and O–H groups in total. The fourth-order valence-electron chi connectivity index (χ4n) is 3.89. The van der Waals surface area contributed by atoms with Crippen LogP contribution in [0, 0.1) is 12.8 Å². The maximum Gasteiger partial charge on any atom is 0.522 e. The fraction of sp³-hybridized carbons (Fsp3) is 0.500.